The third-order valence-corrected chi connectivity index (χ3v) is 3.30. The van der Waals surface area contributed by atoms with Crippen LogP contribution < -0.4 is 5.73 Å². The second-order valence-corrected chi connectivity index (χ2v) is 4.66. The largest absolute Gasteiger partial charge is 0.399 e. The molecule has 0 spiro atoms. The van der Waals surface area contributed by atoms with Crippen LogP contribution in [0.15, 0.2) is 24.3 Å². The van der Waals surface area contributed by atoms with Crippen molar-refractivity contribution in [2.24, 2.45) is 5.92 Å². The first-order chi connectivity index (χ1) is 8.70. The highest BCUT2D eigenvalue weighted by atomic mass is 16.5. The fourth-order valence-electron chi connectivity index (χ4n) is 2.24. The fourth-order valence-corrected chi connectivity index (χ4v) is 2.24. The molecule has 1 amide bonds. The summed E-state index contributed by atoms with van der Waals surface area (Å²) in [5, 5.41) is 0. The topological polar surface area (TPSA) is 55.6 Å². The maximum Gasteiger partial charge on any atom is 0.228 e. The number of nitrogens with two attached hydrogens (primary N) is 1. The van der Waals surface area contributed by atoms with E-state index in [1.165, 1.54) is 0 Å². The normalized spacial score (nSPS) is 18.8. The van der Waals surface area contributed by atoms with Crippen molar-refractivity contribution < 1.29 is 9.53 Å². The van der Waals surface area contributed by atoms with Crippen LogP contribution in [0.1, 0.15) is 18.9 Å². The van der Waals surface area contributed by atoms with E-state index in [1.807, 2.05) is 36.1 Å². The second-order valence-electron chi connectivity index (χ2n) is 4.66. The number of carbonyl (C=O) groups excluding carboxylic acids is 1. The van der Waals surface area contributed by atoms with E-state index in [2.05, 4.69) is 0 Å². The van der Waals surface area contributed by atoms with Crippen molar-refractivity contribution in [3.05, 3.63) is 29.8 Å². The molecular formula is C14H20N2O2. The van der Waals surface area contributed by atoms with Crippen molar-refractivity contribution in [3.63, 3.8) is 0 Å². The van der Waals surface area contributed by atoms with Crippen LogP contribution >= 0.6 is 0 Å². The molecule has 1 aromatic carbocycles. The maximum absolute atomic E-state index is 12.3. The zero-order chi connectivity index (χ0) is 13.0. The van der Waals surface area contributed by atoms with Gasteiger partial charge in [0.25, 0.3) is 0 Å². The zero-order valence-electron chi connectivity index (χ0n) is 10.8. The molecule has 2 N–H and O–H groups in total. The molecule has 98 valence electrons. The van der Waals surface area contributed by atoms with Gasteiger partial charge < -0.3 is 15.4 Å². The van der Waals surface area contributed by atoms with Gasteiger partial charge in [-0.2, -0.15) is 0 Å². The molecule has 1 fully saturated rings. The molecular weight excluding hydrogens is 228 g/mol. The SMILES string of the molecule is CCN(Cc1cccc(N)c1)C(=O)C1CCOC1. The first kappa shape index (κ1) is 12.9. The van der Waals surface area contributed by atoms with Gasteiger partial charge >= 0.3 is 0 Å². The lowest BCUT2D eigenvalue weighted by molar-refractivity contribution is -0.135. The summed E-state index contributed by atoms with van der Waals surface area (Å²) in [6.45, 7) is 4.60. The first-order valence-corrected chi connectivity index (χ1v) is 6.41. The quantitative estimate of drug-likeness (QED) is 0.824. The Bertz CT molecular complexity index is 414. The van der Waals surface area contributed by atoms with Gasteiger partial charge in [-0.05, 0) is 31.0 Å². The number of nitrogens with zero attached hydrogens (tertiary/aromatic N) is 1. The second kappa shape index (κ2) is 5.87. The molecule has 0 bridgehead atoms. The van der Waals surface area contributed by atoms with E-state index in [4.69, 9.17) is 10.5 Å². The summed E-state index contributed by atoms with van der Waals surface area (Å²) < 4.78 is 5.27. The van der Waals surface area contributed by atoms with Crippen LogP contribution in [0.2, 0.25) is 0 Å². The molecule has 18 heavy (non-hydrogen) atoms. The zero-order valence-corrected chi connectivity index (χ0v) is 10.8. The minimum Gasteiger partial charge on any atom is -0.399 e. The van der Waals surface area contributed by atoms with Crippen molar-refractivity contribution in [2.45, 2.75) is 19.9 Å². The van der Waals surface area contributed by atoms with E-state index in [-0.39, 0.29) is 11.8 Å². The van der Waals surface area contributed by atoms with Gasteiger partial charge in [-0.3, -0.25) is 4.79 Å². The Morgan fingerprint density at radius 3 is 3.00 bits per heavy atom. The number of hydrogen-bond donors (Lipinski definition) is 1. The van der Waals surface area contributed by atoms with Gasteiger partial charge in [0, 0.05) is 25.4 Å². The molecule has 0 aliphatic carbocycles. The molecule has 4 nitrogen and oxygen atoms in total. The maximum atomic E-state index is 12.3. The Morgan fingerprint density at radius 2 is 2.39 bits per heavy atom. The summed E-state index contributed by atoms with van der Waals surface area (Å²) in [4.78, 5) is 14.1. The van der Waals surface area contributed by atoms with Gasteiger partial charge in [-0.15, -0.1) is 0 Å². The lowest BCUT2D eigenvalue weighted by Crippen LogP contribution is -2.35. The molecule has 1 aromatic rings. The predicted molar refractivity (Wildman–Crippen MR) is 70.9 cm³/mol. The Hall–Kier alpha value is -1.55. The summed E-state index contributed by atoms with van der Waals surface area (Å²) in [6, 6.07) is 7.69. The molecule has 1 aliphatic heterocycles. The molecule has 0 aromatic heterocycles. The van der Waals surface area contributed by atoms with Crippen LogP contribution in [0.5, 0.6) is 0 Å². The van der Waals surface area contributed by atoms with E-state index in [1.54, 1.807) is 0 Å². The number of ether oxygens (including phenoxy) is 1. The Morgan fingerprint density at radius 1 is 1.56 bits per heavy atom. The molecule has 1 aliphatic rings. The number of rotatable bonds is 4. The summed E-state index contributed by atoms with van der Waals surface area (Å²) >= 11 is 0. The van der Waals surface area contributed by atoms with Crippen molar-refractivity contribution in [2.75, 3.05) is 25.5 Å². The highest BCUT2D eigenvalue weighted by Gasteiger charge is 2.27. The Kier molecular flexibility index (Phi) is 4.20. The minimum atomic E-state index is 0.0333. The number of nitrogen functional groups attached to an aromatic ring is 1. The molecule has 0 radical (unpaired) electrons. The third kappa shape index (κ3) is 3.01. The van der Waals surface area contributed by atoms with E-state index >= 15 is 0 Å². The molecule has 1 heterocycles. The van der Waals surface area contributed by atoms with Crippen molar-refractivity contribution >= 4 is 11.6 Å². The van der Waals surface area contributed by atoms with Gasteiger partial charge in [-0.1, -0.05) is 12.1 Å². The van der Waals surface area contributed by atoms with Crippen molar-refractivity contribution in [3.8, 4) is 0 Å². The number of carbonyl (C=O) groups is 1. The standard InChI is InChI=1S/C14H20N2O2/c1-2-16(14(17)12-6-7-18-10-12)9-11-4-3-5-13(15)8-11/h3-5,8,12H,2,6-7,9-10,15H2,1H3. The lowest BCUT2D eigenvalue weighted by Gasteiger charge is -2.23. The molecule has 1 unspecified atom stereocenters. The highest BCUT2D eigenvalue weighted by molar-refractivity contribution is 5.79. The molecule has 4 heteroatoms. The number of hydrogen-bond acceptors (Lipinski definition) is 3. The van der Waals surface area contributed by atoms with Gasteiger partial charge in [0.2, 0.25) is 5.91 Å². The predicted octanol–water partition coefficient (Wildman–Crippen LogP) is 1.65. The summed E-state index contributed by atoms with van der Waals surface area (Å²) in [7, 11) is 0. The van der Waals surface area contributed by atoms with E-state index in [9.17, 15) is 4.79 Å². The summed E-state index contributed by atoms with van der Waals surface area (Å²) in [5.41, 5.74) is 7.56. The number of amides is 1. The van der Waals surface area contributed by atoms with Crippen LogP contribution in [0, 0.1) is 5.92 Å². The van der Waals surface area contributed by atoms with Crippen LogP contribution in [0.3, 0.4) is 0 Å². The average Bonchev–Trinajstić information content (AvgIpc) is 2.89. The smallest absolute Gasteiger partial charge is 0.228 e. The monoisotopic (exact) mass is 248 g/mol. The van der Waals surface area contributed by atoms with Crippen LogP contribution in [0.25, 0.3) is 0 Å². The number of benzene rings is 1. The van der Waals surface area contributed by atoms with Gasteiger partial charge in [0.1, 0.15) is 0 Å². The van der Waals surface area contributed by atoms with E-state index in [0.717, 1.165) is 17.7 Å². The molecule has 1 saturated heterocycles. The molecule has 0 saturated carbocycles. The average molecular weight is 248 g/mol. The Labute approximate surface area is 108 Å². The third-order valence-electron chi connectivity index (χ3n) is 3.30. The first-order valence-electron chi connectivity index (χ1n) is 6.41. The van der Waals surface area contributed by atoms with E-state index < -0.39 is 0 Å². The van der Waals surface area contributed by atoms with Crippen LogP contribution in [0.4, 0.5) is 5.69 Å². The van der Waals surface area contributed by atoms with Crippen LogP contribution in [-0.2, 0) is 16.1 Å². The Balaban J connectivity index is 2.02. The van der Waals surface area contributed by atoms with Gasteiger partial charge in [-0.25, -0.2) is 0 Å². The summed E-state index contributed by atoms with van der Waals surface area (Å²) in [6.07, 6.45) is 0.840. The number of anilines is 1. The minimum absolute atomic E-state index is 0.0333. The van der Waals surface area contributed by atoms with Crippen molar-refractivity contribution in [1.29, 1.82) is 0 Å². The van der Waals surface area contributed by atoms with Crippen LogP contribution in [-0.4, -0.2) is 30.6 Å². The van der Waals surface area contributed by atoms with Gasteiger partial charge in [0.05, 0.1) is 12.5 Å². The van der Waals surface area contributed by atoms with Gasteiger partial charge in [0.15, 0.2) is 0 Å². The molecule has 2 rings (SSSR count). The highest BCUT2D eigenvalue weighted by Crippen LogP contribution is 2.17. The summed E-state index contributed by atoms with van der Waals surface area (Å²) in [5.74, 6) is 0.225. The van der Waals surface area contributed by atoms with E-state index in [0.29, 0.717) is 26.3 Å². The van der Waals surface area contributed by atoms with Crippen molar-refractivity contribution in [1.82, 2.24) is 4.90 Å². The molecule has 1 atom stereocenters. The lowest BCUT2D eigenvalue weighted by atomic mass is 10.1. The fraction of sp³-hybridized carbons (Fsp3) is 0.500.